The maximum Gasteiger partial charge on any atom is 0.143 e. The van der Waals surface area contributed by atoms with Crippen molar-refractivity contribution in [2.24, 2.45) is 0 Å². The summed E-state index contributed by atoms with van der Waals surface area (Å²) in [6.07, 6.45) is 0. The number of aromatic nitrogens is 1. The standard InChI is InChI=1S/C72H46N2O/c1-4-17-60-50(13-1)35-44-66-65-43-36-53(46-71(65)75-72(60)66)49-31-39-56(40-32-49)73(57-41-33-51(34-42-57)59-16-7-10-22-68(59)74-69-23-11-8-20-63(69)64-21-9-12-24-70(64)74)55-37-29-48(30-38-55)47-25-27-52(28-26-47)67-45-54-14-2-3-15-58(54)61-18-5-6-19-62(61)67/h1-46H. The Balaban J connectivity index is 0.795. The molecule has 0 radical (unpaired) electrons. The SMILES string of the molecule is c1ccc(-n2c3ccccc3c3ccccc32)c(-c2ccc(N(c3ccc(-c4ccc(-c5cc6ccccc6c6ccccc56)cc4)cc3)c3ccc(-c4ccc5c(c4)oc4c6ccccc6ccc54)cc3)cc2)c1. The van der Waals surface area contributed by atoms with E-state index in [2.05, 4.69) is 289 Å². The Kier molecular flexibility index (Phi) is 9.89. The molecule has 0 aliphatic carbocycles. The van der Waals surface area contributed by atoms with Gasteiger partial charge < -0.3 is 13.9 Å². The third kappa shape index (κ3) is 7.12. The van der Waals surface area contributed by atoms with Crippen LogP contribution in [0.1, 0.15) is 0 Å². The lowest BCUT2D eigenvalue weighted by Crippen LogP contribution is -2.09. The van der Waals surface area contributed by atoms with Gasteiger partial charge in [0, 0.05) is 49.6 Å². The number of nitrogens with zero attached hydrogens (tertiary/aromatic N) is 2. The van der Waals surface area contributed by atoms with Crippen LogP contribution >= 0.6 is 0 Å². The van der Waals surface area contributed by atoms with Gasteiger partial charge in [0.25, 0.3) is 0 Å². The summed E-state index contributed by atoms with van der Waals surface area (Å²) in [5.74, 6) is 0. The normalized spacial score (nSPS) is 11.7. The van der Waals surface area contributed by atoms with Gasteiger partial charge in [-0.1, -0.05) is 200 Å². The molecule has 2 aromatic heterocycles. The molecule has 0 bridgehead atoms. The van der Waals surface area contributed by atoms with E-state index in [0.29, 0.717) is 0 Å². The smallest absolute Gasteiger partial charge is 0.143 e. The second-order valence-corrected chi connectivity index (χ2v) is 19.6. The van der Waals surface area contributed by atoms with E-state index >= 15 is 0 Å². The first kappa shape index (κ1) is 42.7. The highest BCUT2D eigenvalue weighted by atomic mass is 16.3. The molecule has 0 N–H and O–H groups in total. The van der Waals surface area contributed by atoms with Crippen LogP contribution in [0.15, 0.2) is 283 Å². The van der Waals surface area contributed by atoms with Gasteiger partial charge in [0.2, 0.25) is 0 Å². The van der Waals surface area contributed by atoms with E-state index in [9.17, 15) is 0 Å². The Morgan fingerprint density at radius 1 is 0.267 bits per heavy atom. The lowest BCUT2D eigenvalue weighted by molar-refractivity contribution is 0.673. The maximum absolute atomic E-state index is 6.60. The highest BCUT2D eigenvalue weighted by molar-refractivity contribution is 6.16. The Bertz CT molecular complexity index is 4620. The zero-order valence-electron chi connectivity index (χ0n) is 40.9. The number of anilines is 3. The molecular formula is C72H46N2O. The molecule has 3 nitrogen and oxygen atoms in total. The van der Waals surface area contributed by atoms with Gasteiger partial charge in [-0.3, -0.25) is 0 Å². The molecule has 0 spiro atoms. The predicted octanol–water partition coefficient (Wildman–Crippen LogP) is 20.3. The molecule has 15 aromatic rings. The topological polar surface area (TPSA) is 21.3 Å². The van der Waals surface area contributed by atoms with Crippen molar-refractivity contribution in [2.45, 2.75) is 0 Å². The number of fused-ring (bicyclic) bond motifs is 11. The first-order chi connectivity index (χ1) is 37.2. The molecule has 2 heterocycles. The van der Waals surface area contributed by atoms with E-state index in [0.717, 1.165) is 72.3 Å². The number of benzene rings is 13. The summed E-state index contributed by atoms with van der Waals surface area (Å²) in [5.41, 5.74) is 17.9. The molecule has 3 heteroatoms. The molecule has 0 amide bonds. The van der Waals surface area contributed by atoms with Gasteiger partial charge in [0.05, 0.1) is 16.7 Å². The summed E-state index contributed by atoms with van der Waals surface area (Å²) in [5, 5.41) is 12.2. The molecule has 0 aliphatic rings. The summed E-state index contributed by atoms with van der Waals surface area (Å²) >= 11 is 0. The highest BCUT2D eigenvalue weighted by Gasteiger charge is 2.19. The summed E-state index contributed by atoms with van der Waals surface area (Å²) < 4.78 is 9.01. The van der Waals surface area contributed by atoms with E-state index in [-0.39, 0.29) is 0 Å². The molecule has 0 fully saturated rings. The zero-order chi connectivity index (χ0) is 49.4. The lowest BCUT2D eigenvalue weighted by atomic mass is 9.92. The quantitative estimate of drug-likeness (QED) is 0.142. The minimum atomic E-state index is 0.890. The third-order valence-corrected chi connectivity index (χ3v) is 15.4. The van der Waals surface area contributed by atoms with Crippen LogP contribution in [0.25, 0.3) is 126 Å². The Morgan fingerprint density at radius 2 is 0.720 bits per heavy atom. The molecule has 0 saturated heterocycles. The van der Waals surface area contributed by atoms with Gasteiger partial charge in [0.1, 0.15) is 11.2 Å². The minimum absolute atomic E-state index is 0.890. The predicted molar refractivity (Wildman–Crippen MR) is 317 cm³/mol. The second kappa shape index (κ2) is 17.4. The van der Waals surface area contributed by atoms with Crippen LogP contribution < -0.4 is 4.90 Å². The largest absolute Gasteiger partial charge is 0.455 e. The third-order valence-electron chi connectivity index (χ3n) is 15.4. The van der Waals surface area contributed by atoms with E-state index in [1.165, 1.54) is 71.0 Å². The monoisotopic (exact) mass is 954 g/mol. The van der Waals surface area contributed by atoms with Crippen molar-refractivity contribution in [3.05, 3.63) is 279 Å². The first-order valence-corrected chi connectivity index (χ1v) is 25.7. The molecule has 0 saturated carbocycles. The molecule has 0 atom stereocenters. The van der Waals surface area contributed by atoms with E-state index in [4.69, 9.17) is 4.42 Å². The van der Waals surface area contributed by atoms with Crippen molar-refractivity contribution in [1.29, 1.82) is 0 Å². The van der Waals surface area contributed by atoms with Crippen molar-refractivity contribution >= 4 is 93.1 Å². The fourth-order valence-corrected chi connectivity index (χ4v) is 11.8. The van der Waals surface area contributed by atoms with Gasteiger partial charge >= 0.3 is 0 Å². The summed E-state index contributed by atoms with van der Waals surface area (Å²) in [6.45, 7) is 0. The van der Waals surface area contributed by atoms with Gasteiger partial charge in [-0.2, -0.15) is 0 Å². The number of rotatable bonds is 8. The molecule has 350 valence electrons. The number of hydrogen-bond donors (Lipinski definition) is 0. The minimum Gasteiger partial charge on any atom is -0.455 e. The van der Waals surface area contributed by atoms with Crippen molar-refractivity contribution in [3.8, 4) is 50.2 Å². The van der Waals surface area contributed by atoms with Crippen LogP contribution in [-0.4, -0.2) is 4.57 Å². The van der Waals surface area contributed by atoms with Gasteiger partial charge in [0.15, 0.2) is 0 Å². The van der Waals surface area contributed by atoms with Crippen LogP contribution in [0, 0.1) is 0 Å². The summed E-state index contributed by atoms with van der Waals surface area (Å²) in [7, 11) is 0. The lowest BCUT2D eigenvalue weighted by Gasteiger charge is -2.26. The average Bonchev–Trinajstić information content (AvgIpc) is 4.07. The van der Waals surface area contributed by atoms with Crippen LogP contribution in [0.2, 0.25) is 0 Å². The van der Waals surface area contributed by atoms with Crippen LogP contribution in [-0.2, 0) is 0 Å². The van der Waals surface area contributed by atoms with E-state index in [1.54, 1.807) is 0 Å². The van der Waals surface area contributed by atoms with Gasteiger partial charge in [-0.05, 0) is 145 Å². The second-order valence-electron chi connectivity index (χ2n) is 19.6. The number of para-hydroxylation sites is 3. The molecule has 0 unspecified atom stereocenters. The van der Waals surface area contributed by atoms with Crippen LogP contribution in [0.4, 0.5) is 17.1 Å². The Hall–Kier alpha value is -9.96. The summed E-state index contributed by atoms with van der Waals surface area (Å²) in [6, 6.07) is 101. The van der Waals surface area contributed by atoms with E-state index in [1.807, 2.05) is 0 Å². The average molecular weight is 955 g/mol. The zero-order valence-corrected chi connectivity index (χ0v) is 40.9. The van der Waals surface area contributed by atoms with Crippen molar-refractivity contribution in [1.82, 2.24) is 4.57 Å². The number of furan rings is 1. The molecular weight excluding hydrogens is 909 g/mol. The Labute approximate surface area is 434 Å². The fourth-order valence-electron chi connectivity index (χ4n) is 11.8. The van der Waals surface area contributed by atoms with Crippen molar-refractivity contribution < 1.29 is 4.42 Å². The Morgan fingerprint density at radius 3 is 1.39 bits per heavy atom. The van der Waals surface area contributed by atoms with Crippen LogP contribution in [0.3, 0.4) is 0 Å². The summed E-state index contributed by atoms with van der Waals surface area (Å²) in [4.78, 5) is 2.36. The molecule has 13 aromatic carbocycles. The van der Waals surface area contributed by atoms with Crippen molar-refractivity contribution in [3.63, 3.8) is 0 Å². The van der Waals surface area contributed by atoms with Gasteiger partial charge in [-0.15, -0.1) is 0 Å². The fraction of sp³-hybridized carbons (Fsp3) is 0. The van der Waals surface area contributed by atoms with Crippen molar-refractivity contribution in [2.75, 3.05) is 4.90 Å². The number of hydrogen-bond acceptors (Lipinski definition) is 2. The maximum atomic E-state index is 6.60. The highest BCUT2D eigenvalue weighted by Crippen LogP contribution is 2.42. The van der Waals surface area contributed by atoms with E-state index < -0.39 is 0 Å². The molecule has 15 rings (SSSR count). The molecule has 75 heavy (non-hydrogen) atoms. The molecule has 0 aliphatic heterocycles. The first-order valence-electron chi connectivity index (χ1n) is 25.7. The van der Waals surface area contributed by atoms with Crippen LogP contribution in [0.5, 0.6) is 0 Å². The van der Waals surface area contributed by atoms with Gasteiger partial charge in [-0.25, -0.2) is 0 Å².